The Hall–Kier alpha value is -3.77. The van der Waals surface area contributed by atoms with Crippen molar-refractivity contribution in [1.29, 1.82) is 0 Å². The molecule has 0 aliphatic heterocycles. The van der Waals surface area contributed by atoms with Crippen LogP contribution in [-0.4, -0.2) is 25.1 Å². The zero-order valence-corrected chi connectivity index (χ0v) is 17.2. The van der Waals surface area contributed by atoms with Crippen LogP contribution in [0.1, 0.15) is 16.8 Å². The van der Waals surface area contributed by atoms with E-state index in [9.17, 15) is 0 Å². The van der Waals surface area contributed by atoms with Crippen LogP contribution in [0.25, 0.3) is 39.3 Å². The van der Waals surface area contributed by atoms with Gasteiger partial charge in [0, 0.05) is 22.8 Å². The van der Waals surface area contributed by atoms with Crippen molar-refractivity contribution in [2.24, 2.45) is 0 Å². The first-order chi connectivity index (χ1) is 14.7. The molecule has 0 bridgehead atoms. The predicted octanol–water partition coefficient (Wildman–Crippen LogP) is 6.00. The molecule has 0 aliphatic carbocycles. The molecule has 0 radical (unpaired) electrons. The maximum atomic E-state index is 4.57. The Balaban J connectivity index is 1.62. The van der Waals surface area contributed by atoms with Crippen molar-refractivity contribution >= 4 is 27.8 Å². The van der Waals surface area contributed by atoms with Crippen LogP contribution in [0.5, 0.6) is 0 Å². The van der Waals surface area contributed by atoms with E-state index in [2.05, 4.69) is 61.5 Å². The van der Waals surface area contributed by atoms with Crippen LogP contribution >= 0.6 is 11.3 Å². The van der Waals surface area contributed by atoms with Crippen LogP contribution in [0.4, 0.5) is 0 Å². The van der Waals surface area contributed by atoms with Crippen molar-refractivity contribution in [3.8, 4) is 22.8 Å². The average Bonchev–Trinajstić information content (AvgIpc) is 3.52. The topological polar surface area (TPSA) is 70.2 Å². The zero-order chi connectivity index (χ0) is 20.5. The van der Waals surface area contributed by atoms with E-state index < -0.39 is 0 Å². The minimum atomic E-state index is 0.819. The van der Waals surface area contributed by atoms with Crippen molar-refractivity contribution in [2.75, 3.05) is 0 Å². The molecule has 5 heterocycles. The lowest BCUT2D eigenvalue weighted by Crippen LogP contribution is -1.86. The Bertz CT molecular complexity index is 1360. The number of aryl methyl sites for hydroxylation is 1. The average molecular weight is 410 g/mol. The largest absolute Gasteiger partial charge is 0.357 e. The fourth-order valence-electron chi connectivity index (χ4n) is 3.62. The molecule has 5 nitrogen and oxygen atoms in total. The number of pyridine rings is 2. The number of hydrogen-bond acceptors (Lipinski definition) is 4. The summed E-state index contributed by atoms with van der Waals surface area (Å²) in [6, 6.07) is 12.1. The van der Waals surface area contributed by atoms with Gasteiger partial charge in [-0.15, -0.1) is 0 Å². The van der Waals surface area contributed by atoms with Gasteiger partial charge in [-0.25, -0.2) is 0 Å². The monoisotopic (exact) mass is 409 g/mol. The van der Waals surface area contributed by atoms with Crippen LogP contribution in [0.2, 0.25) is 0 Å². The van der Waals surface area contributed by atoms with Crippen LogP contribution in [-0.2, 0) is 0 Å². The summed E-state index contributed by atoms with van der Waals surface area (Å²) in [7, 11) is 0. The summed E-state index contributed by atoms with van der Waals surface area (Å²) in [5.41, 5.74) is 8.91. The van der Waals surface area contributed by atoms with Gasteiger partial charge in [0.15, 0.2) is 0 Å². The first-order valence-electron chi connectivity index (χ1n) is 9.56. The summed E-state index contributed by atoms with van der Waals surface area (Å²) in [5, 5.41) is 12.9. The third-order valence-corrected chi connectivity index (χ3v) is 5.73. The van der Waals surface area contributed by atoms with E-state index in [4.69, 9.17) is 0 Å². The van der Waals surface area contributed by atoms with Crippen LogP contribution in [0.15, 0.2) is 78.3 Å². The van der Waals surface area contributed by atoms with Crippen molar-refractivity contribution in [3.05, 3.63) is 95.1 Å². The SMILES string of the molecule is C=C/C=C(/c1ccsc1)c1cc(-c2n[nH]c3cnc(-c4ccccn4)cc23)[nH]c1C. The number of nitrogens with zero attached hydrogens (tertiary/aromatic N) is 3. The van der Waals surface area contributed by atoms with E-state index >= 15 is 0 Å². The van der Waals surface area contributed by atoms with Crippen molar-refractivity contribution in [3.63, 3.8) is 0 Å². The van der Waals surface area contributed by atoms with E-state index in [0.29, 0.717) is 0 Å². The molecule has 0 amide bonds. The number of aromatic amines is 2. The van der Waals surface area contributed by atoms with Crippen molar-refractivity contribution in [1.82, 2.24) is 25.1 Å². The summed E-state index contributed by atoms with van der Waals surface area (Å²) >= 11 is 1.68. The highest BCUT2D eigenvalue weighted by molar-refractivity contribution is 7.08. The number of H-pyrrole nitrogens is 2. The minimum absolute atomic E-state index is 0.819. The molecular formula is C24H19N5S. The number of aromatic nitrogens is 5. The second-order valence-corrected chi connectivity index (χ2v) is 7.73. The number of rotatable bonds is 5. The summed E-state index contributed by atoms with van der Waals surface area (Å²) in [5.74, 6) is 0. The van der Waals surface area contributed by atoms with E-state index in [1.165, 1.54) is 5.56 Å². The summed E-state index contributed by atoms with van der Waals surface area (Å²) in [6.07, 6.45) is 7.46. The van der Waals surface area contributed by atoms with Crippen LogP contribution in [0.3, 0.4) is 0 Å². The maximum Gasteiger partial charge on any atom is 0.116 e. The van der Waals surface area contributed by atoms with Gasteiger partial charge in [-0.1, -0.05) is 24.8 Å². The molecule has 0 spiro atoms. The fourth-order valence-corrected chi connectivity index (χ4v) is 4.27. The molecule has 6 heteroatoms. The van der Waals surface area contributed by atoms with E-state index in [1.54, 1.807) is 23.7 Å². The normalized spacial score (nSPS) is 11.8. The number of thiophene rings is 1. The minimum Gasteiger partial charge on any atom is -0.357 e. The fraction of sp³-hybridized carbons (Fsp3) is 0.0417. The molecule has 146 valence electrons. The van der Waals surface area contributed by atoms with Crippen molar-refractivity contribution in [2.45, 2.75) is 6.92 Å². The van der Waals surface area contributed by atoms with E-state index in [-0.39, 0.29) is 0 Å². The van der Waals surface area contributed by atoms with Crippen molar-refractivity contribution < 1.29 is 0 Å². The highest BCUT2D eigenvalue weighted by atomic mass is 32.1. The lowest BCUT2D eigenvalue weighted by Gasteiger charge is -2.04. The predicted molar refractivity (Wildman–Crippen MR) is 123 cm³/mol. The smallest absolute Gasteiger partial charge is 0.116 e. The second kappa shape index (κ2) is 7.57. The van der Waals surface area contributed by atoms with Crippen LogP contribution < -0.4 is 0 Å². The summed E-state index contributed by atoms with van der Waals surface area (Å²) in [4.78, 5) is 12.5. The molecule has 5 rings (SSSR count). The van der Waals surface area contributed by atoms with Gasteiger partial charge in [0.2, 0.25) is 0 Å². The second-order valence-electron chi connectivity index (χ2n) is 6.95. The number of hydrogen-bond donors (Lipinski definition) is 2. The lowest BCUT2D eigenvalue weighted by molar-refractivity contribution is 1.11. The molecule has 0 fully saturated rings. The van der Waals surface area contributed by atoms with Gasteiger partial charge in [-0.2, -0.15) is 16.4 Å². The molecule has 0 aliphatic rings. The molecule has 0 aromatic carbocycles. The number of fused-ring (bicyclic) bond motifs is 1. The van der Waals surface area contributed by atoms with Gasteiger partial charge in [0.25, 0.3) is 0 Å². The highest BCUT2D eigenvalue weighted by Gasteiger charge is 2.17. The van der Waals surface area contributed by atoms with Gasteiger partial charge in [-0.05, 0) is 59.2 Å². The third-order valence-electron chi connectivity index (χ3n) is 5.05. The van der Waals surface area contributed by atoms with Gasteiger partial charge in [-0.3, -0.25) is 15.1 Å². The molecule has 5 aromatic rings. The lowest BCUT2D eigenvalue weighted by atomic mass is 10.00. The first-order valence-corrected chi connectivity index (χ1v) is 10.5. The Morgan fingerprint density at radius 2 is 2.07 bits per heavy atom. The van der Waals surface area contributed by atoms with Gasteiger partial charge in [0.05, 0.1) is 28.8 Å². The maximum absolute atomic E-state index is 4.57. The van der Waals surface area contributed by atoms with Gasteiger partial charge in [0.1, 0.15) is 5.69 Å². The molecular weight excluding hydrogens is 390 g/mol. The van der Waals surface area contributed by atoms with Gasteiger partial charge < -0.3 is 4.98 Å². The molecule has 5 aromatic heterocycles. The first kappa shape index (κ1) is 18.3. The molecule has 0 atom stereocenters. The Labute approximate surface area is 177 Å². The third kappa shape index (κ3) is 3.17. The van der Waals surface area contributed by atoms with Crippen LogP contribution in [0, 0.1) is 6.92 Å². The van der Waals surface area contributed by atoms with Gasteiger partial charge >= 0.3 is 0 Å². The zero-order valence-electron chi connectivity index (χ0n) is 16.4. The Morgan fingerprint density at radius 3 is 2.83 bits per heavy atom. The number of allylic oxidation sites excluding steroid dienone is 2. The molecule has 30 heavy (non-hydrogen) atoms. The molecule has 2 N–H and O–H groups in total. The molecule has 0 unspecified atom stereocenters. The standard InChI is InChI=1S/C24H19N5S/c1-3-6-17(16-8-10-30-14-16)18-11-22(27-15(18)2)24-19-12-21(20-7-4-5-9-25-20)26-13-23(19)28-29-24/h3-14,27H,1H2,2H3,(H,28,29)/b17-6-. The number of nitrogens with one attached hydrogen (secondary N) is 2. The summed E-state index contributed by atoms with van der Waals surface area (Å²) in [6.45, 7) is 5.97. The van der Waals surface area contributed by atoms with E-state index in [1.807, 2.05) is 36.4 Å². The Kier molecular flexibility index (Phi) is 4.61. The highest BCUT2D eigenvalue weighted by Crippen LogP contribution is 2.34. The van der Waals surface area contributed by atoms with E-state index in [0.717, 1.165) is 50.5 Å². The molecule has 0 saturated heterocycles. The summed E-state index contributed by atoms with van der Waals surface area (Å²) < 4.78 is 0. The molecule has 0 saturated carbocycles. The Morgan fingerprint density at radius 1 is 1.13 bits per heavy atom. The quantitative estimate of drug-likeness (QED) is 0.350.